The first kappa shape index (κ1) is 29.6. The van der Waals surface area contributed by atoms with Crippen molar-refractivity contribution < 1.29 is 4.42 Å². The molecule has 0 fully saturated rings. The summed E-state index contributed by atoms with van der Waals surface area (Å²) in [6.07, 6.45) is 8.06. The Morgan fingerprint density at radius 3 is 2.28 bits per heavy atom. The number of fused-ring (bicyclic) bond motifs is 7. The van der Waals surface area contributed by atoms with Crippen LogP contribution in [0.4, 0.5) is 11.4 Å². The number of nitrogens with zero attached hydrogens (tertiary/aromatic N) is 2. The highest BCUT2D eigenvalue weighted by molar-refractivity contribution is 6.17. The van der Waals surface area contributed by atoms with Gasteiger partial charge in [-0.05, 0) is 89.5 Å². The van der Waals surface area contributed by atoms with Crippen LogP contribution in [-0.4, -0.2) is 4.57 Å². The van der Waals surface area contributed by atoms with Crippen LogP contribution < -0.4 is 4.90 Å². The number of hydrogen-bond acceptors (Lipinski definition) is 2. The summed E-state index contributed by atoms with van der Waals surface area (Å²) in [7, 11) is 0. The number of furan rings is 1. The topological polar surface area (TPSA) is 21.3 Å². The molecule has 0 amide bonds. The lowest BCUT2D eigenvalue weighted by Gasteiger charge is -2.26. The third kappa shape index (κ3) is 4.75. The van der Waals surface area contributed by atoms with Gasteiger partial charge in [-0.15, -0.1) is 0 Å². The van der Waals surface area contributed by atoms with Gasteiger partial charge in [-0.1, -0.05) is 122 Å². The fourth-order valence-electron chi connectivity index (χ4n) is 7.48. The first-order valence-corrected chi connectivity index (χ1v) is 17.0. The number of benzene rings is 7. The minimum atomic E-state index is 0.835. The van der Waals surface area contributed by atoms with E-state index in [2.05, 4.69) is 180 Å². The van der Waals surface area contributed by atoms with Crippen LogP contribution in [0.25, 0.3) is 71.3 Å². The molecule has 0 bridgehead atoms. The molecule has 0 saturated heterocycles. The van der Waals surface area contributed by atoms with Gasteiger partial charge in [0.05, 0.1) is 16.7 Å². The van der Waals surface area contributed by atoms with Crippen molar-refractivity contribution >= 4 is 65.9 Å². The minimum Gasteiger partial charge on any atom is -0.454 e. The first-order chi connectivity index (χ1) is 24.7. The zero-order valence-corrected chi connectivity index (χ0v) is 27.8. The Morgan fingerprint density at radius 2 is 1.42 bits per heavy atom. The minimum absolute atomic E-state index is 0.835. The lowest BCUT2D eigenvalue weighted by atomic mass is 9.98. The average Bonchev–Trinajstić information content (AvgIpc) is 3.71. The van der Waals surface area contributed by atoms with Crippen LogP contribution in [0.3, 0.4) is 0 Å². The molecule has 0 N–H and O–H groups in total. The molecule has 0 aliphatic rings. The first-order valence-electron chi connectivity index (χ1n) is 17.0. The number of hydrogen-bond donors (Lipinski definition) is 0. The van der Waals surface area contributed by atoms with E-state index >= 15 is 0 Å². The second-order valence-electron chi connectivity index (χ2n) is 12.5. The smallest absolute Gasteiger partial charge is 0.159 e. The molecule has 0 spiro atoms. The molecular formula is C47H34N2O. The number of anilines is 2. The Morgan fingerprint density at radius 1 is 0.660 bits per heavy atom. The van der Waals surface area contributed by atoms with Gasteiger partial charge in [-0.25, -0.2) is 0 Å². The van der Waals surface area contributed by atoms with E-state index in [9.17, 15) is 0 Å². The second-order valence-corrected chi connectivity index (χ2v) is 12.5. The average molecular weight is 643 g/mol. The van der Waals surface area contributed by atoms with Crippen LogP contribution >= 0.6 is 0 Å². The predicted octanol–water partition coefficient (Wildman–Crippen LogP) is 13.3. The Bertz CT molecular complexity index is 2800. The van der Waals surface area contributed by atoms with Crippen LogP contribution in [0, 0.1) is 0 Å². The molecule has 9 rings (SSSR count). The van der Waals surface area contributed by atoms with Crippen LogP contribution in [0.15, 0.2) is 193 Å². The van der Waals surface area contributed by atoms with Gasteiger partial charge >= 0.3 is 0 Å². The SMILES string of the molecule is C=C/C=C(\C=C/C)N(c1ccc2ccccc2c1)c1cccc2c1oc1cccc(-c3ccc4c5ccccc5n(-c5ccccc5)c4c3)c12. The molecule has 0 radical (unpaired) electrons. The Hall–Kier alpha value is -6.58. The molecule has 0 unspecified atom stereocenters. The van der Waals surface area contributed by atoms with Crippen LogP contribution in [0.5, 0.6) is 0 Å². The zero-order chi connectivity index (χ0) is 33.6. The van der Waals surface area contributed by atoms with Crippen molar-refractivity contribution in [1.82, 2.24) is 4.57 Å². The number of rotatable bonds is 7. The molecule has 50 heavy (non-hydrogen) atoms. The fourth-order valence-corrected chi connectivity index (χ4v) is 7.48. The van der Waals surface area contributed by atoms with E-state index in [4.69, 9.17) is 4.42 Å². The summed E-state index contributed by atoms with van der Waals surface area (Å²) in [4.78, 5) is 2.27. The largest absolute Gasteiger partial charge is 0.454 e. The molecule has 3 heteroatoms. The van der Waals surface area contributed by atoms with Gasteiger partial charge in [0.1, 0.15) is 5.58 Å². The monoisotopic (exact) mass is 642 g/mol. The molecule has 0 aliphatic heterocycles. The maximum absolute atomic E-state index is 6.85. The normalized spacial score (nSPS) is 12.2. The highest BCUT2D eigenvalue weighted by Crippen LogP contribution is 2.44. The number of aromatic nitrogens is 1. The third-order valence-corrected chi connectivity index (χ3v) is 9.62. The van der Waals surface area contributed by atoms with Crippen molar-refractivity contribution in [1.29, 1.82) is 0 Å². The molecule has 9 aromatic rings. The number of allylic oxidation sites excluding steroid dienone is 4. The van der Waals surface area contributed by atoms with E-state index < -0.39 is 0 Å². The third-order valence-electron chi connectivity index (χ3n) is 9.62. The zero-order valence-electron chi connectivity index (χ0n) is 27.8. The van der Waals surface area contributed by atoms with Crippen molar-refractivity contribution in [2.75, 3.05) is 4.90 Å². The Balaban J connectivity index is 1.28. The molecule has 2 aromatic heterocycles. The van der Waals surface area contributed by atoms with Gasteiger partial charge in [0, 0.05) is 38.6 Å². The summed E-state index contributed by atoms with van der Waals surface area (Å²) < 4.78 is 9.22. The molecule has 0 saturated carbocycles. The summed E-state index contributed by atoms with van der Waals surface area (Å²) in [5, 5.41) is 7.03. The van der Waals surface area contributed by atoms with Gasteiger partial charge in [-0.3, -0.25) is 0 Å². The summed E-state index contributed by atoms with van der Waals surface area (Å²) >= 11 is 0. The standard InChI is InChI=1S/C47H34N2O/c1-3-14-35(15-4-2)48(37-28-26-32-16-8-9-17-33(32)30-37)43-24-12-22-41-46-38(21-13-25-45(46)50-47(41)43)34-27-29-40-39-20-10-11-23-42(39)49(44(40)31-34)36-18-6-5-7-19-36/h3-31H,1H2,2H3/b15-4-,35-14+. The highest BCUT2D eigenvalue weighted by atomic mass is 16.3. The summed E-state index contributed by atoms with van der Waals surface area (Å²) in [5.74, 6) is 0. The quantitative estimate of drug-likeness (QED) is 0.161. The van der Waals surface area contributed by atoms with Crippen molar-refractivity contribution in [2.24, 2.45) is 0 Å². The maximum atomic E-state index is 6.85. The van der Waals surface area contributed by atoms with Crippen molar-refractivity contribution in [3.05, 3.63) is 188 Å². The molecule has 7 aromatic carbocycles. The predicted molar refractivity (Wildman–Crippen MR) is 213 cm³/mol. The molecule has 2 heterocycles. The van der Waals surface area contributed by atoms with E-state index in [0.29, 0.717) is 0 Å². The van der Waals surface area contributed by atoms with Gasteiger partial charge in [0.2, 0.25) is 0 Å². The molecule has 238 valence electrons. The van der Waals surface area contributed by atoms with Gasteiger partial charge in [0.25, 0.3) is 0 Å². The Kier molecular flexibility index (Phi) is 7.18. The van der Waals surface area contributed by atoms with E-state index in [0.717, 1.165) is 55.8 Å². The summed E-state index contributed by atoms with van der Waals surface area (Å²) in [6, 6.07) is 54.0. The highest BCUT2D eigenvalue weighted by Gasteiger charge is 2.22. The van der Waals surface area contributed by atoms with Crippen molar-refractivity contribution in [3.63, 3.8) is 0 Å². The lowest BCUT2D eigenvalue weighted by molar-refractivity contribution is 0.669. The fraction of sp³-hybridized carbons (Fsp3) is 0.0213. The number of para-hydroxylation sites is 3. The van der Waals surface area contributed by atoms with Crippen molar-refractivity contribution in [2.45, 2.75) is 6.92 Å². The van der Waals surface area contributed by atoms with Gasteiger partial charge in [0.15, 0.2) is 5.58 Å². The lowest BCUT2D eigenvalue weighted by Crippen LogP contribution is -2.15. The van der Waals surface area contributed by atoms with Crippen molar-refractivity contribution in [3.8, 4) is 16.8 Å². The van der Waals surface area contributed by atoms with E-state index in [-0.39, 0.29) is 0 Å². The summed E-state index contributed by atoms with van der Waals surface area (Å²) in [6.45, 7) is 6.08. The van der Waals surface area contributed by atoms with Gasteiger partial charge in [-0.2, -0.15) is 0 Å². The maximum Gasteiger partial charge on any atom is 0.159 e. The van der Waals surface area contributed by atoms with Crippen LogP contribution in [-0.2, 0) is 0 Å². The van der Waals surface area contributed by atoms with E-state index in [1.807, 2.05) is 19.1 Å². The van der Waals surface area contributed by atoms with Gasteiger partial charge < -0.3 is 13.9 Å². The molecule has 0 aliphatic carbocycles. The Labute approximate surface area is 290 Å². The summed E-state index contributed by atoms with van der Waals surface area (Å²) in [5.41, 5.74) is 10.5. The van der Waals surface area contributed by atoms with E-state index in [1.54, 1.807) is 0 Å². The molecule has 3 nitrogen and oxygen atoms in total. The molecule has 0 atom stereocenters. The molecular weight excluding hydrogens is 609 g/mol. The second kappa shape index (κ2) is 12.1. The van der Waals surface area contributed by atoms with Crippen LogP contribution in [0.2, 0.25) is 0 Å². The van der Waals surface area contributed by atoms with E-state index in [1.165, 1.54) is 32.6 Å². The van der Waals surface area contributed by atoms with Crippen LogP contribution in [0.1, 0.15) is 6.92 Å².